The van der Waals surface area contributed by atoms with Crippen molar-refractivity contribution in [1.82, 2.24) is 15.0 Å². The predicted octanol–water partition coefficient (Wildman–Crippen LogP) is 1.74. The van der Waals surface area contributed by atoms with Crippen LogP contribution in [0.3, 0.4) is 0 Å². The van der Waals surface area contributed by atoms with Gasteiger partial charge in [0.1, 0.15) is 5.82 Å². The molecule has 2 rings (SSSR count). The second kappa shape index (κ2) is 3.98. The van der Waals surface area contributed by atoms with E-state index in [1.807, 2.05) is 6.07 Å². The zero-order valence-corrected chi connectivity index (χ0v) is 9.28. The van der Waals surface area contributed by atoms with E-state index < -0.39 is 5.97 Å². The van der Waals surface area contributed by atoms with Gasteiger partial charge in [0.05, 0.1) is 11.9 Å². The maximum Gasteiger partial charge on any atom is 0.303 e. The summed E-state index contributed by atoms with van der Waals surface area (Å²) in [4.78, 5) is 21.7. The molecular weight excluding hydrogens is 262 g/mol. The number of pyridine rings is 1. The first-order valence-electron chi connectivity index (χ1n) is 4.37. The van der Waals surface area contributed by atoms with Crippen LogP contribution in [0.2, 0.25) is 0 Å². The molecule has 0 aromatic carbocycles. The smallest absolute Gasteiger partial charge is 0.303 e. The third-order valence-corrected chi connectivity index (χ3v) is 2.36. The van der Waals surface area contributed by atoms with Crippen molar-refractivity contribution in [3.63, 3.8) is 0 Å². The van der Waals surface area contributed by atoms with Crippen molar-refractivity contribution in [2.24, 2.45) is 0 Å². The highest BCUT2D eigenvalue weighted by Gasteiger charge is 2.06. The fourth-order valence-electron chi connectivity index (χ4n) is 1.27. The molecule has 2 heterocycles. The Morgan fingerprint density at radius 2 is 2.40 bits per heavy atom. The van der Waals surface area contributed by atoms with Crippen LogP contribution in [0.5, 0.6) is 0 Å². The van der Waals surface area contributed by atoms with Crippen molar-refractivity contribution in [3.05, 3.63) is 22.6 Å². The van der Waals surface area contributed by atoms with Gasteiger partial charge in [-0.15, -0.1) is 0 Å². The minimum absolute atomic E-state index is 0.0704. The first-order valence-corrected chi connectivity index (χ1v) is 5.16. The van der Waals surface area contributed by atoms with Gasteiger partial charge in [0.25, 0.3) is 0 Å². The zero-order valence-electron chi connectivity index (χ0n) is 7.70. The number of aromatic nitrogens is 3. The molecule has 0 bridgehead atoms. The molecule has 0 amide bonds. The minimum Gasteiger partial charge on any atom is -0.481 e. The number of hydrogen-bond acceptors (Lipinski definition) is 3. The van der Waals surface area contributed by atoms with E-state index in [0.29, 0.717) is 17.9 Å². The topological polar surface area (TPSA) is 78.9 Å². The summed E-state index contributed by atoms with van der Waals surface area (Å²) < 4.78 is 0.864. The van der Waals surface area contributed by atoms with Crippen LogP contribution < -0.4 is 0 Å². The van der Waals surface area contributed by atoms with Gasteiger partial charge < -0.3 is 10.1 Å². The monoisotopic (exact) mass is 269 g/mol. The second-order valence-electron chi connectivity index (χ2n) is 3.10. The summed E-state index contributed by atoms with van der Waals surface area (Å²) in [7, 11) is 0. The molecule has 5 nitrogen and oxygen atoms in total. The van der Waals surface area contributed by atoms with Crippen LogP contribution in [0.15, 0.2) is 16.7 Å². The molecule has 0 saturated heterocycles. The number of H-pyrrole nitrogens is 1. The number of fused-ring (bicyclic) bond motifs is 1. The van der Waals surface area contributed by atoms with Gasteiger partial charge in [-0.1, -0.05) is 0 Å². The number of hydrogen-bond donors (Lipinski definition) is 2. The Kier molecular flexibility index (Phi) is 2.68. The van der Waals surface area contributed by atoms with Crippen molar-refractivity contribution >= 4 is 33.1 Å². The SMILES string of the molecule is O=C(O)CCc1nc2ncc(Br)cc2[nH]1. The van der Waals surface area contributed by atoms with E-state index in [4.69, 9.17) is 5.11 Å². The van der Waals surface area contributed by atoms with Gasteiger partial charge in [0.2, 0.25) is 0 Å². The van der Waals surface area contributed by atoms with Crippen LogP contribution >= 0.6 is 15.9 Å². The molecule has 0 aliphatic carbocycles. The summed E-state index contributed by atoms with van der Waals surface area (Å²) in [6, 6.07) is 1.86. The molecule has 0 saturated carbocycles. The number of halogens is 1. The molecule has 0 aliphatic heterocycles. The molecule has 2 N–H and O–H groups in total. The summed E-state index contributed by atoms with van der Waals surface area (Å²) in [5, 5.41) is 8.53. The lowest BCUT2D eigenvalue weighted by Gasteiger charge is -1.89. The lowest BCUT2D eigenvalue weighted by molar-refractivity contribution is -0.137. The summed E-state index contributed by atoms with van der Waals surface area (Å²) in [5.74, 6) is -0.178. The summed E-state index contributed by atoms with van der Waals surface area (Å²) >= 11 is 3.30. The number of carboxylic acid groups (broad SMARTS) is 1. The fourth-order valence-corrected chi connectivity index (χ4v) is 1.60. The van der Waals surface area contributed by atoms with Gasteiger partial charge in [-0.25, -0.2) is 9.97 Å². The number of aryl methyl sites for hydroxylation is 1. The summed E-state index contributed by atoms with van der Waals surface area (Å²) in [6.07, 6.45) is 2.12. The Hall–Kier alpha value is -1.43. The predicted molar refractivity (Wildman–Crippen MR) is 57.5 cm³/mol. The lowest BCUT2D eigenvalue weighted by atomic mass is 10.3. The molecule has 78 valence electrons. The Morgan fingerprint density at radius 1 is 1.60 bits per heavy atom. The van der Waals surface area contributed by atoms with E-state index in [0.717, 1.165) is 9.99 Å². The number of aliphatic carboxylic acids is 1. The van der Waals surface area contributed by atoms with Crippen LogP contribution in [0.25, 0.3) is 11.2 Å². The Labute approximate surface area is 93.7 Å². The van der Waals surface area contributed by atoms with Crippen LogP contribution in [-0.2, 0) is 11.2 Å². The highest BCUT2D eigenvalue weighted by atomic mass is 79.9. The highest BCUT2D eigenvalue weighted by Crippen LogP contribution is 2.15. The Bertz CT molecular complexity index is 509. The molecule has 0 unspecified atom stereocenters. The van der Waals surface area contributed by atoms with E-state index >= 15 is 0 Å². The maximum absolute atomic E-state index is 10.4. The van der Waals surface area contributed by atoms with Crippen molar-refractivity contribution < 1.29 is 9.90 Å². The molecule has 6 heteroatoms. The highest BCUT2D eigenvalue weighted by molar-refractivity contribution is 9.10. The van der Waals surface area contributed by atoms with E-state index in [1.165, 1.54) is 0 Å². The third kappa shape index (κ3) is 2.33. The van der Waals surface area contributed by atoms with Gasteiger partial charge in [0.15, 0.2) is 5.65 Å². The molecule has 2 aromatic rings. The molecular formula is C9H8BrN3O2. The minimum atomic E-state index is -0.829. The number of rotatable bonds is 3. The standard InChI is InChI=1S/C9H8BrN3O2/c10-5-3-6-9(11-4-5)13-7(12-6)1-2-8(14)15/h3-4H,1-2H2,(H,14,15)(H,11,12,13). The molecule has 0 aliphatic rings. The Balaban J connectivity index is 2.27. The van der Waals surface area contributed by atoms with E-state index in [2.05, 4.69) is 30.9 Å². The number of carboxylic acids is 1. The first kappa shape index (κ1) is 10.1. The number of nitrogens with zero attached hydrogens (tertiary/aromatic N) is 2. The number of nitrogens with one attached hydrogen (secondary N) is 1. The van der Waals surface area contributed by atoms with Gasteiger partial charge in [-0.2, -0.15) is 0 Å². The molecule has 0 radical (unpaired) electrons. The van der Waals surface area contributed by atoms with Crippen LogP contribution in [0, 0.1) is 0 Å². The number of aromatic amines is 1. The van der Waals surface area contributed by atoms with Gasteiger partial charge in [-0.3, -0.25) is 4.79 Å². The quantitative estimate of drug-likeness (QED) is 0.890. The van der Waals surface area contributed by atoms with Crippen molar-refractivity contribution in [3.8, 4) is 0 Å². The zero-order chi connectivity index (χ0) is 10.8. The average Bonchev–Trinajstić information content (AvgIpc) is 2.56. The molecule has 0 fully saturated rings. The van der Waals surface area contributed by atoms with Crippen LogP contribution in [0.4, 0.5) is 0 Å². The second-order valence-corrected chi connectivity index (χ2v) is 4.02. The van der Waals surface area contributed by atoms with E-state index in [-0.39, 0.29) is 6.42 Å². The average molecular weight is 270 g/mol. The normalized spacial score (nSPS) is 10.7. The van der Waals surface area contributed by atoms with Gasteiger partial charge >= 0.3 is 5.97 Å². The van der Waals surface area contributed by atoms with Gasteiger partial charge in [0, 0.05) is 17.1 Å². The van der Waals surface area contributed by atoms with Crippen molar-refractivity contribution in [2.45, 2.75) is 12.8 Å². The first-order chi connectivity index (χ1) is 7.15. The summed E-state index contributed by atoms with van der Waals surface area (Å²) in [6.45, 7) is 0. The Morgan fingerprint density at radius 3 is 3.13 bits per heavy atom. The van der Waals surface area contributed by atoms with E-state index in [1.54, 1.807) is 6.20 Å². The number of carbonyl (C=O) groups is 1. The van der Waals surface area contributed by atoms with Crippen LogP contribution in [0.1, 0.15) is 12.2 Å². The summed E-state index contributed by atoms with van der Waals surface area (Å²) in [5.41, 5.74) is 1.42. The van der Waals surface area contributed by atoms with Crippen LogP contribution in [-0.4, -0.2) is 26.0 Å². The molecule has 15 heavy (non-hydrogen) atoms. The molecule has 0 atom stereocenters. The van der Waals surface area contributed by atoms with E-state index in [9.17, 15) is 4.79 Å². The van der Waals surface area contributed by atoms with Crippen molar-refractivity contribution in [1.29, 1.82) is 0 Å². The maximum atomic E-state index is 10.4. The van der Waals surface area contributed by atoms with Crippen molar-refractivity contribution in [2.75, 3.05) is 0 Å². The molecule has 0 spiro atoms. The lowest BCUT2D eigenvalue weighted by Crippen LogP contribution is -1.98. The molecule has 2 aromatic heterocycles. The number of imidazole rings is 1. The van der Waals surface area contributed by atoms with Gasteiger partial charge in [-0.05, 0) is 22.0 Å². The largest absolute Gasteiger partial charge is 0.481 e. The third-order valence-electron chi connectivity index (χ3n) is 1.93. The fraction of sp³-hybridized carbons (Fsp3) is 0.222.